The smallest absolute Gasteiger partial charge is 0.462 e. The number of carbonyl (C=O) groups is 4. The van der Waals surface area contributed by atoms with Crippen LogP contribution < -0.4 is 0 Å². The molecule has 0 aliphatic heterocycles. The maximum atomic E-state index is 13.1. The molecule has 0 aliphatic rings. The predicted octanol–water partition coefficient (Wildman–Crippen LogP) is 23.4. The molecule has 104 heavy (non-hydrogen) atoms. The Bertz CT molecular complexity index is 2540. The Hall–Kier alpha value is -5.06. The van der Waals surface area contributed by atoms with E-state index in [0.717, 1.165) is 193 Å². The minimum atomic E-state index is -5.00. The van der Waals surface area contributed by atoms with E-state index in [2.05, 4.69) is 174 Å². The number of aliphatic hydroxyl groups excluding tert-OH is 1. The number of carbonyl (C=O) groups excluding carboxylic acids is 4. The Morgan fingerprint density at radius 2 is 0.500 bits per heavy atom. The largest absolute Gasteiger partial charge is 0.472 e. The van der Waals surface area contributed by atoms with Crippen LogP contribution >= 0.6 is 15.6 Å². The third kappa shape index (κ3) is 75.2. The van der Waals surface area contributed by atoms with Gasteiger partial charge >= 0.3 is 39.5 Å². The summed E-state index contributed by atoms with van der Waals surface area (Å²) in [7, 11) is -9.99. The highest BCUT2D eigenvalue weighted by atomic mass is 31.2. The van der Waals surface area contributed by atoms with Crippen LogP contribution in [0, 0.1) is 0 Å². The number of esters is 4. The Morgan fingerprint density at radius 3 is 0.788 bits per heavy atom. The molecular weight excluding hydrogens is 1350 g/mol. The highest BCUT2D eigenvalue weighted by Gasteiger charge is 2.30. The maximum absolute atomic E-state index is 13.1. The molecule has 0 radical (unpaired) electrons. The van der Waals surface area contributed by atoms with Crippen molar-refractivity contribution in [1.29, 1.82) is 0 Å². The zero-order valence-corrected chi connectivity index (χ0v) is 66.7. The fourth-order valence-corrected chi connectivity index (χ4v) is 11.8. The number of rotatable bonds is 74. The molecule has 0 heterocycles. The van der Waals surface area contributed by atoms with Crippen LogP contribution in [0.15, 0.2) is 146 Å². The lowest BCUT2D eigenvalue weighted by Crippen LogP contribution is -2.30. The highest BCUT2D eigenvalue weighted by Crippen LogP contribution is 2.45. The SMILES string of the molecule is CC/C=C\C/C=C\C/C=C\C/C=C\CCCCC(=O)OCC(COP(=O)(O)OCC(O)COP(=O)(O)OCC(COC(=O)CCCCCCCC/C=C\C/C=C\C/C=C\CCCCC)OC(=O)CCCCCCC/C=C\C/C=C\CCCCC)OC(=O)CCCCCCC/C=C\C/C=C\C/C=C\CC. The van der Waals surface area contributed by atoms with Gasteiger partial charge < -0.3 is 33.8 Å². The van der Waals surface area contributed by atoms with Crippen LogP contribution in [0.2, 0.25) is 0 Å². The zero-order valence-electron chi connectivity index (χ0n) is 64.9. The van der Waals surface area contributed by atoms with Gasteiger partial charge in [-0.3, -0.25) is 37.3 Å². The first-order valence-electron chi connectivity index (χ1n) is 40.1. The molecule has 5 atom stereocenters. The van der Waals surface area contributed by atoms with Crippen molar-refractivity contribution in [3.63, 3.8) is 0 Å². The first-order valence-corrected chi connectivity index (χ1v) is 43.1. The average Bonchev–Trinajstić information content (AvgIpc) is 0.912. The van der Waals surface area contributed by atoms with Crippen molar-refractivity contribution in [3.05, 3.63) is 146 Å². The Balaban J connectivity index is 5.43. The number of phosphoric acid groups is 2. The van der Waals surface area contributed by atoms with Crippen LogP contribution in [0.25, 0.3) is 0 Å². The molecule has 19 heteroatoms. The standard InChI is InChI=1S/C85H142O17P2/c1-5-9-13-17-21-25-29-33-37-38-39-40-44-46-50-54-58-62-66-70-83(88)96-76-81(102-85(90)72-68-64-60-56-52-48-43-36-32-28-24-20-16-12-8-4)78-100-104(93,94)98-74-79(86)73-97-103(91,92)99-77-80(101-84(89)71-67-63-59-55-51-47-42-35-31-27-23-19-15-11-7-3)75-95-82(87)69-65-61-57-53-49-45-41-34-30-26-22-18-14-10-6-2/h10-11,14-15,21-28,33-37,39-43,49,53,79-81,86H,5-9,12-13,16-20,29-32,38,44-48,50-52,54-78H2,1-4H3,(H,91,92)(H,93,94)/b14-10-,15-11-,25-21-,26-22-,27-23-,28-24-,37-33-,40-39-,41-34-,42-35-,43-36-,53-49-. The van der Waals surface area contributed by atoms with Crippen LogP contribution in [-0.2, 0) is 65.4 Å². The highest BCUT2D eigenvalue weighted by molar-refractivity contribution is 7.47. The lowest BCUT2D eigenvalue weighted by molar-refractivity contribution is -0.161. The van der Waals surface area contributed by atoms with Crippen molar-refractivity contribution in [1.82, 2.24) is 0 Å². The molecule has 17 nitrogen and oxygen atoms in total. The van der Waals surface area contributed by atoms with Gasteiger partial charge in [0.15, 0.2) is 12.2 Å². The minimum absolute atomic E-state index is 0.0617. The van der Waals surface area contributed by atoms with E-state index in [1.807, 2.05) is 0 Å². The van der Waals surface area contributed by atoms with Gasteiger partial charge in [-0.2, -0.15) is 0 Å². The van der Waals surface area contributed by atoms with E-state index in [4.69, 9.17) is 37.0 Å². The Morgan fingerprint density at radius 1 is 0.279 bits per heavy atom. The third-order valence-electron chi connectivity index (χ3n) is 16.3. The second kappa shape index (κ2) is 76.1. The molecule has 0 spiro atoms. The lowest BCUT2D eigenvalue weighted by atomic mass is 10.1. The summed E-state index contributed by atoms with van der Waals surface area (Å²) in [4.78, 5) is 73.0. The summed E-state index contributed by atoms with van der Waals surface area (Å²) in [5.41, 5.74) is 0. The summed E-state index contributed by atoms with van der Waals surface area (Å²) in [6.07, 6.45) is 86.8. The summed E-state index contributed by atoms with van der Waals surface area (Å²) < 4.78 is 68.6. The van der Waals surface area contributed by atoms with Crippen molar-refractivity contribution >= 4 is 39.5 Å². The molecule has 0 aromatic rings. The van der Waals surface area contributed by atoms with Crippen LogP contribution in [0.3, 0.4) is 0 Å². The van der Waals surface area contributed by atoms with E-state index >= 15 is 0 Å². The monoisotopic (exact) mass is 1500 g/mol. The van der Waals surface area contributed by atoms with E-state index in [0.29, 0.717) is 25.7 Å². The number of phosphoric ester groups is 2. The Labute approximate surface area is 630 Å². The van der Waals surface area contributed by atoms with Gasteiger partial charge in [-0.15, -0.1) is 0 Å². The number of hydrogen-bond acceptors (Lipinski definition) is 15. The summed E-state index contributed by atoms with van der Waals surface area (Å²) in [5.74, 6) is -2.27. The molecule has 0 bridgehead atoms. The maximum Gasteiger partial charge on any atom is 0.472 e. The van der Waals surface area contributed by atoms with Crippen LogP contribution in [0.4, 0.5) is 0 Å². The molecule has 0 aromatic carbocycles. The third-order valence-corrected chi connectivity index (χ3v) is 18.2. The van der Waals surface area contributed by atoms with Gasteiger partial charge in [0.1, 0.15) is 19.3 Å². The van der Waals surface area contributed by atoms with Gasteiger partial charge in [-0.05, 0) is 167 Å². The fraction of sp³-hybridized carbons (Fsp3) is 0.671. The number of unbranched alkanes of at least 4 members (excludes halogenated alkanes) is 24. The van der Waals surface area contributed by atoms with Crippen molar-refractivity contribution in [2.75, 3.05) is 39.6 Å². The predicted molar refractivity (Wildman–Crippen MR) is 427 cm³/mol. The summed E-state index contributed by atoms with van der Waals surface area (Å²) in [6, 6.07) is 0. The second-order valence-corrected chi connectivity index (χ2v) is 29.1. The van der Waals surface area contributed by atoms with Gasteiger partial charge in [-0.1, -0.05) is 263 Å². The van der Waals surface area contributed by atoms with Gasteiger partial charge in [0.05, 0.1) is 26.4 Å². The first-order chi connectivity index (χ1) is 50.7. The van der Waals surface area contributed by atoms with Crippen molar-refractivity contribution in [2.24, 2.45) is 0 Å². The summed E-state index contributed by atoms with van der Waals surface area (Å²) in [5, 5.41) is 10.6. The Kier molecular flexibility index (Phi) is 72.4. The minimum Gasteiger partial charge on any atom is -0.462 e. The van der Waals surface area contributed by atoms with Crippen molar-refractivity contribution < 1.29 is 80.2 Å². The summed E-state index contributed by atoms with van der Waals surface area (Å²) >= 11 is 0. The molecule has 5 unspecified atom stereocenters. The average molecular weight is 1500 g/mol. The lowest BCUT2D eigenvalue weighted by Gasteiger charge is -2.21. The van der Waals surface area contributed by atoms with Crippen molar-refractivity contribution in [2.45, 2.75) is 329 Å². The fourth-order valence-electron chi connectivity index (χ4n) is 10.2. The van der Waals surface area contributed by atoms with Gasteiger partial charge in [0.25, 0.3) is 0 Å². The molecule has 0 saturated heterocycles. The van der Waals surface area contributed by atoms with E-state index in [1.54, 1.807) is 0 Å². The molecule has 0 amide bonds. The van der Waals surface area contributed by atoms with E-state index in [1.165, 1.54) is 38.5 Å². The zero-order chi connectivity index (χ0) is 76.0. The number of hydrogen-bond donors (Lipinski definition) is 3. The van der Waals surface area contributed by atoms with Gasteiger partial charge in [-0.25, -0.2) is 9.13 Å². The molecule has 3 N–H and O–H groups in total. The van der Waals surface area contributed by atoms with Crippen LogP contribution in [0.1, 0.15) is 310 Å². The normalized spacial score (nSPS) is 14.6. The molecule has 0 fully saturated rings. The van der Waals surface area contributed by atoms with Crippen LogP contribution in [-0.4, -0.2) is 96.7 Å². The second-order valence-electron chi connectivity index (χ2n) is 26.2. The quantitative estimate of drug-likeness (QED) is 0.0169. The molecular formula is C85H142O17P2. The topological polar surface area (TPSA) is 237 Å². The molecule has 0 aromatic heterocycles. The van der Waals surface area contributed by atoms with Gasteiger partial charge in [0.2, 0.25) is 0 Å². The van der Waals surface area contributed by atoms with Crippen molar-refractivity contribution in [3.8, 4) is 0 Å². The molecule has 0 rings (SSSR count). The van der Waals surface area contributed by atoms with Gasteiger partial charge in [0, 0.05) is 25.7 Å². The van der Waals surface area contributed by atoms with Crippen LogP contribution in [0.5, 0.6) is 0 Å². The van der Waals surface area contributed by atoms with E-state index in [-0.39, 0.29) is 25.7 Å². The first kappa shape index (κ1) is 98.9. The van der Waals surface area contributed by atoms with E-state index in [9.17, 15) is 43.2 Å². The number of allylic oxidation sites excluding steroid dienone is 24. The molecule has 0 saturated carbocycles. The number of aliphatic hydroxyl groups is 1. The number of ether oxygens (including phenoxy) is 4. The molecule has 594 valence electrons. The molecule has 0 aliphatic carbocycles. The summed E-state index contributed by atoms with van der Waals surface area (Å²) in [6.45, 7) is 4.50. The van der Waals surface area contributed by atoms with E-state index < -0.39 is 97.5 Å².